The highest BCUT2D eigenvalue weighted by atomic mass is 79.9. The summed E-state index contributed by atoms with van der Waals surface area (Å²) >= 11 is 3.34. The molecular formula is C22H31BrN4O5. The highest BCUT2D eigenvalue weighted by Crippen LogP contribution is 2.16. The summed E-state index contributed by atoms with van der Waals surface area (Å²) in [5.41, 5.74) is 2.13. The molecule has 1 unspecified atom stereocenters. The van der Waals surface area contributed by atoms with Gasteiger partial charge in [-0.15, -0.1) is 0 Å². The Hall–Kier alpha value is -2.46. The number of carbonyl (C=O) groups is 4. The molecule has 10 heteroatoms. The number of hydrogen-bond donors (Lipinski definition) is 4. The molecule has 32 heavy (non-hydrogen) atoms. The van der Waals surface area contributed by atoms with Crippen LogP contribution in [0.15, 0.2) is 28.7 Å². The molecule has 1 saturated heterocycles. The van der Waals surface area contributed by atoms with Gasteiger partial charge in [0.1, 0.15) is 0 Å². The van der Waals surface area contributed by atoms with Crippen LogP contribution in [0.2, 0.25) is 0 Å². The minimum atomic E-state index is -0.635. The Bertz CT molecular complexity index is 807. The third-order valence-corrected chi connectivity index (χ3v) is 5.92. The fraction of sp³-hybridized carbons (Fsp3) is 0.545. The molecule has 1 heterocycles. The van der Waals surface area contributed by atoms with Crippen LogP contribution in [0.25, 0.3) is 0 Å². The van der Waals surface area contributed by atoms with Gasteiger partial charge in [-0.2, -0.15) is 0 Å². The first-order chi connectivity index (χ1) is 15.2. The van der Waals surface area contributed by atoms with Crippen LogP contribution >= 0.6 is 15.9 Å². The number of amides is 4. The lowest BCUT2D eigenvalue weighted by Gasteiger charge is -2.32. The van der Waals surface area contributed by atoms with E-state index >= 15 is 0 Å². The summed E-state index contributed by atoms with van der Waals surface area (Å²) in [7, 11) is 0. The van der Waals surface area contributed by atoms with Crippen LogP contribution in [0.4, 0.5) is 0 Å². The molecule has 1 aromatic carbocycles. The smallest absolute Gasteiger partial charge is 0.251 e. The summed E-state index contributed by atoms with van der Waals surface area (Å²) in [6.07, 6.45) is 1.60. The molecule has 9 nitrogen and oxygen atoms in total. The van der Waals surface area contributed by atoms with Crippen LogP contribution in [0.3, 0.4) is 0 Å². The van der Waals surface area contributed by atoms with Crippen LogP contribution in [-0.4, -0.2) is 59.4 Å². The number of hydrogen-bond acceptors (Lipinski definition) is 5. The number of rotatable bonds is 9. The molecule has 0 saturated carbocycles. The van der Waals surface area contributed by atoms with E-state index in [9.17, 15) is 19.2 Å². The minimum Gasteiger partial charge on any atom is -0.349 e. The van der Waals surface area contributed by atoms with Gasteiger partial charge in [0.05, 0.1) is 6.54 Å². The van der Waals surface area contributed by atoms with Gasteiger partial charge in [0.25, 0.3) is 5.91 Å². The van der Waals surface area contributed by atoms with E-state index in [1.165, 1.54) is 0 Å². The highest BCUT2D eigenvalue weighted by molar-refractivity contribution is 9.10. The third kappa shape index (κ3) is 8.23. The molecule has 0 aliphatic carbocycles. The second kappa shape index (κ2) is 12.5. The Kier molecular flexibility index (Phi) is 10.1. The average molecular weight is 511 g/mol. The maximum absolute atomic E-state index is 12.5. The first kappa shape index (κ1) is 25.8. The van der Waals surface area contributed by atoms with Crippen molar-refractivity contribution >= 4 is 39.6 Å². The van der Waals surface area contributed by atoms with E-state index in [4.69, 9.17) is 5.21 Å². The maximum atomic E-state index is 12.5. The van der Waals surface area contributed by atoms with Crippen molar-refractivity contribution in [2.75, 3.05) is 19.6 Å². The number of likely N-dealkylation sites (tertiary alicyclic amines) is 1. The molecule has 176 valence electrons. The zero-order valence-electron chi connectivity index (χ0n) is 18.4. The van der Waals surface area contributed by atoms with Crippen LogP contribution in [-0.2, 0) is 14.4 Å². The van der Waals surface area contributed by atoms with Crippen molar-refractivity contribution in [2.45, 2.75) is 45.6 Å². The number of nitrogens with zero attached hydrogens (tertiary/aromatic N) is 1. The zero-order valence-corrected chi connectivity index (χ0v) is 20.0. The minimum absolute atomic E-state index is 0.0165. The Morgan fingerprint density at radius 3 is 2.31 bits per heavy atom. The van der Waals surface area contributed by atoms with Gasteiger partial charge in [-0.3, -0.25) is 24.4 Å². The molecule has 4 amide bonds. The van der Waals surface area contributed by atoms with Crippen molar-refractivity contribution in [2.24, 2.45) is 11.8 Å². The number of hydroxylamine groups is 1. The zero-order chi connectivity index (χ0) is 23.7. The molecule has 1 fully saturated rings. The van der Waals surface area contributed by atoms with E-state index in [0.29, 0.717) is 37.9 Å². The SMILES string of the molecule is CC(C)CC(CC(=O)NO)C(=O)NCC(=O)N1CCC(NC(=O)c2ccc(Br)cc2)CC1. The van der Waals surface area contributed by atoms with E-state index in [1.807, 2.05) is 26.0 Å². The van der Waals surface area contributed by atoms with Crippen LogP contribution in [0.1, 0.15) is 49.9 Å². The van der Waals surface area contributed by atoms with Crippen molar-refractivity contribution in [1.29, 1.82) is 0 Å². The van der Waals surface area contributed by atoms with Gasteiger partial charge in [-0.1, -0.05) is 29.8 Å². The molecule has 2 rings (SSSR count). The molecule has 0 spiro atoms. The topological polar surface area (TPSA) is 128 Å². The van der Waals surface area contributed by atoms with Crippen molar-refractivity contribution in [3.05, 3.63) is 34.3 Å². The van der Waals surface area contributed by atoms with Crippen molar-refractivity contribution < 1.29 is 24.4 Å². The molecule has 1 aliphatic rings. The number of halogens is 1. The summed E-state index contributed by atoms with van der Waals surface area (Å²) in [5.74, 6) is -1.80. The lowest BCUT2D eigenvalue weighted by atomic mass is 9.93. The Morgan fingerprint density at radius 2 is 1.75 bits per heavy atom. The van der Waals surface area contributed by atoms with E-state index in [2.05, 4.69) is 26.6 Å². The van der Waals surface area contributed by atoms with E-state index < -0.39 is 11.8 Å². The largest absolute Gasteiger partial charge is 0.349 e. The molecule has 4 N–H and O–H groups in total. The summed E-state index contributed by atoms with van der Waals surface area (Å²) in [6, 6.07) is 7.10. The van der Waals surface area contributed by atoms with Crippen LogP contribution in [0.5, 0.6) is 0 Å². The lowest BCUT2D eigenvalue weighted by Crippen LogP contribution is -2.49. The summed E-state index contributed by atoms with van der Waals surface area (Å²) in [5, 5.41) is 14.3. The quantitative estimate of drug-likeness (QED) is 0.297. The molecule has 1 atom stereocenters. The maximum Gasteiger partial charge on any atom is 0.251 e. The standard InChI is InChI=1S/C22H31BrN4O5/c1-14(2)11-16(12-19(28)26-32)21(30)24-13-20(29)27-9-7-18(8-10-27)25-22(31)15-3-5-17(23)6-4-15/h3-6,14,16,18,32H,7-13H2,1-2H3,(H,24,30)(H,25,31)(H,26,28). The number of piperidine rings is 1. The van der Waals surface area contributed by atoms with Crippen molar-refractivity contribution in [3.63, 3.8) is 0 Å². The van der Waals surface area contributed by atoms with Crippen LogP contribution < -0.4 is 16.1 Å². The second-order valence-electron chi connectivity index (χ2n) is 8.42. The Labute approximate surface area is 196 Å². The van der Waals surface area contributed by atoms with E-state index in [0.717, 1.165) is 4.47 Å². The lowest BCUT2D eigenvalue weighted by molar-refractivity contribution is -0.137. The first-order valence-corrected chi connectivity index (χ1v) is 11.5. The molecule has 0 radical (unpaired) electrons. The fourth-order valence-electron chi connectivity index (χ4n) is 3.68. The van der Waals surface area contributed by atoms with E-state index in [-0.39, 0.29) is 42.6 Å². The van der Waals surface area contributed by atoms with Gasteiger partial charge in [-0.25, -0.2) is 5.48 Å². The monoisotopic (exact) mass is 510 g/mol. The fourth-order valence-corrected chi connectivity index (χ4v) is 3.95. The van der Waals surface area contributed by atoms with Gasteiger partial charge in [0.15, 0.2) is 0 Å². The van der Waals surface area contributed by atoms with Crippen molar-refractivity contribution in [3.8, 4) is 0 Å². The van der Waals surface area contributed by atoms with E-state index in [1.54, 1.807) is 22.5 Å². The predicted molar refractivity (Wildman–Crippen MR) is 122 cm³/mol. The number of nitrogens with one attached hydrogen (secondary N) is 3. The summed E-state index contributed by atoms with van der Waals surface area (Å²) < 4.78 is 0.903. The number of carbonyl (C=O) groups excluding carboxylic acids is 4. The number of benzene rings is 1. The Balaban J connectivity index is 1.77. The third-order valence-electron chi connectivity index (χ3n) is 5.39. The Morgan fingerprint density at radius 1 is 1.12 bits per heavy atom. The van der Waals surface area contributed by atoms with Gasteiger partial charge in [0, 0.05) is 41.5 Å². The molecule has 1 aliphatic heterocycles. The van der Waals surface area contributed by atoms with Gasteiger partial charge >= 0.3 is 0 Å². The predicted octanol–water partition coefficient (Wildman–Crippen LogP) is 1.84. The van der Waals surface area contributed by atoms with Gasteiger partial charge in [-0.05, 0) is 49.4 Å². The average Bonchev–Trinajstić information content (AvgIpc) is 2.77. The van der Waals surface area contributed by atoms with Gasteiger partial charge < -0.3 is 15.5 Å². The molecule has 0 bridgehead atoms. The molecule has 0 aromatic heterocycles. The van der Waals surface area contributed by atoms with Crippen LogP contribution in [0, 0.1) is 11.8 Å². The second-order valence-corrected chi connectivity index (χ2v) is 9.33. The summed E-state index contributed by atoms with van der Waals surface area (Å²) in [4.78, 5) is 50.4. The molecular weight excluding hydrogens is 480 g/mol. The van der Waals surface area contributed by atoms with Crippen molar-refractivity contribution in [1.82, 2.24) is 21.0 Å². The molecule has 1 aromatic rings. The summed E-state index contributed by atoms with van der Waals surface area (Å²) in [6.45, 7) is 4.69. The van der Waals surface area contributed by atoms with Gasteiger partial charge in [0.2, 0.25) is 17.7 Å². The highest BCUT2D eigenvalue weighted by Gasteiger charge is 2.26. The first-order valence-electron chi connectivity index (χ1n) is 10.7. The normalized spacial score (nSPS) is 15.2.